The molecule has 14 heavy (non-hydrogen) atoms. The normalized spacial score (nSPS) is 21.4. The average Bonchev–Trinajstić information content (AvgIpc) is 2.66. The van der Waals surface area contributed by atoms with Crippen molar-refractivity contribution in [3.05, 3.63) is 28.2 Å². The third-order valence-corrected chi connectivity index (χ3v) is 3.34. The van der Waals surface area contributed by atoms with Crippen molar-refractivity contribution in [2.45, 2.75) is 25.3 Å². The van der Waals surface area contributed by atoms with Crippen LogP contribution in [0.4, 0.5) is 0 Å². The predicted molar refractivity (Wildman–Crippen MR) is 60.5 cm³/mol. The quantitative estimate of drug-likeness (QED) is 0.851. The largest absolute Gasteiger partial charge is 0.506 e. The van der Waals surface area contributed by atoms with Gasteiger partial charge in [0, 0.05) is 6.04 Å². The van der Waals surface area contributed by atoms with Crippen LogP contribution in [0, 0.1) is 0 Å². The number of hydrogen-bond acceptors (Lipinski definition) is 2. The van der Waals surface area contributed by atoms with Gasteiger partial charge in [0.05, 0.1) is 4.47 Å². The molecule has 1 aromatic carbocycles. The lowest BCUT2D eigenvalue weighted by atomic mass is 10.0. The first kappa shape index (κ1) is 9.99. The molecule has 2 nitrogen and oxygen atoms in total. The van der Waals surface area contributed by atoms with E-state index in [4.69, 9.17) is 0 Å². The highest BCUT2D eigenvalue weighted by Crippen LogP contribution is 2.29. The van der Waals surface area contributed by atoms with E-state index in [1.807, 2.05) is 18.2 Å². The van der Waals surface area contributed by atoms with Crippen LogP contribution in [-0.2, 0) is 6.42 Å². The van der Waals surface area contributed by atoms with Crippen molar-refractivity contribution in [2.24, 2.45) is 0 Å². The van der Waals surface area contributed by atoms with E-state index in [-0.39, 0.29) is 0 Å². The zero-order valence-electron chi connectivity index (χ0n) is 7.96. The molecule has 1 aromatic rings. The number of aromatic hydroxyl groups is 1. The van der Waals surface area contributed by atoms with Gasteiger partial charge in [-0.1, -0.05) is 12.1 Å². The number of para-hydroxylation sites is 1. The third-order valence-electron chi connectivity index (χ3n) is 2.70. The van der Waals surface area contributed by atoms with E-state index >= 15 is 0 Å². The van der Waals surface area contributed by atoms with E-state index in [0.717, 1.165) is 23.0 Å². The Morgan fingerprint density at radius 2 is 2.36 bits per heavy atom. The maximum absolute atomic E-state index is 9.78. The molecular formula is C11H14BrNO. The zero-order valence-corrected chi connectivity index (χ0v) is 9.55. The highest BCUT2D eigenvalue weighted by atomic mass is 79.9. The number of benzene rings is 1. The summed E-state index contributed by atoms with van der Waals surface area (Å²) in [7, 11) is 0. The van der Waals surface area contributed by atoms with Gasteiger partial charge in [0.15, 0.2) is 0 Å². The second-order valence-electron chi connectivity index (χ2n) is 3.74. The van der Waals surface area contributed by atoms with Gasteiger partial charge >= 0.3 is 0 Å². The van der Waals surface area contributed by atoms with E-state index in [2.05, 4.69) is 21.2 Å². The molecule has 1 unspecified atom stereocenters. The van der Waals surface area contributed by atoms with Crippen molar-refractivity contribution in [3.8, 4) is 5.75 Å². The van der Waals surface area contributed by atoms with Gasteiger partial charge in [-0.25, -0.2) is 0 Å². The Bertz CT molecular complexity index is 321. The van der Waals surface area contributed by atoms with E-state index in [1.54, 1.807) is 0 Å². The molecule has 2 rings (SSSR count). The Balaban J connectivity index is 2.11. The van der Waals surface area contributed by atoms with Crippen molar-refractivity contribution in [2.75, 3.05) is 6.54 Å². The molecule has 1 aliphatic heterocycles. The Kier molecular flexibility index (Phi) is 3.08. The Morgan fingerprint density at radius 3 is 3.07 bits per heavy atom. The van der Waals surface area contributed by atoms with Crippen LogP contribution in [0.1, 0.15) is 18.4 Å². The van der Waals surface area contributed by atoms with Crippen molar-refractivity contribution in [3.63, 3.8) is 0 Å². The summed E-state index contributed by atoms with van der Waals surface area (Å²) in [5.74, 6) is 0.390. The number of halogens is 1. The number of phenolic OH excluding ortho intramolecular Hbond substituents is 1. The first-order valence-electron chi connectivity index (χ1n) is 4.97. The number of nitrogens with one attached hydrogen (secondary N) is 1. The van der Waals surface area contributed by atoms with Crippen LogP contribution in [0.5, 0.6) is 5.75 Å². The molecule has 0 aromatic heterocycles. The van der Waals surface area contributed by atoms with Gasteiger partial charge in [-0.3, -0.25) is 0 Å². The number of phenols is 1. The van der Waals surface area contributed by atoms with Gasteiger partial charge in [-0.05, 0) is 53.4 Å². The van der Waals surface area contributed by atoms with Crippen LogP contribution < -0.4 is 5.32 Å². The molecule has 2 N–H and O–H groups in total. The van der Waals surface area contributed by atoms with E-state index in [9.17, 15) is 5.11 Å². The van der Waals surface area contributed by atoms with Crippen molar-refractivity contribution in [1.29, 1.82) is 0 Å². The lowest BCUT2D eigenvalue weighted by Gasteiger charge is -2.11. The molecule has 1 saturated heterocycles. The molecule has 0 amide bonds. The summed E-state index contributed by atoms with van der Waals surface area (Å²) < 4.78 is 0.785. The maximum atomic E-state index is 9.78. The predicted octanol–water partition coefficient (Wildman–Crippen LogP) is 2.45. The highest BCUT2D eigenvalue weighted by molar-refractivity contribution is 9.10. The summed E-state index contributed by atoms with van der Waals surface area (Å²) in [6.45, 7) is 1.11. The smallest absolute Gasteiger partial charge is 0.132 e. The molecule has 0 spiro atoms. The van der Waals surface area contributed by atoms with Gasteiger partial charge in [0.1, 0.15) is 5.75 Å². The summed E-state index contributed by atoms with van der Waals surface area (Å²) in [6, 6.07) is 6.35. The van der Waals surface area contributed by atoms with E-state index in [1.165, 1.54) is 12.8 Å². The molecule has 1 heterocycles. The Hall–Kier alpha value is -0.540. The first-order valence-corrected chi connectivity index (χ1v) is 5.76. The summed E-state index contributed by atoms with van der Waals surface area (Å²) in [6.07, 6.45) is 3.39. The molecule has 0 bridgehead atoms. The van der Waals surface area contributed by atoms with E-state index in [0.29, 0.717) is 11.8 Å². The Morgan fingerprint density at radius 1 is 1.50 bits per heavy atom. The maximum Gasteiger partial charge on any atom is 0.132 e. The highest BCUT2D eigenvalue weighted by Gasteiger charge is 2.16. The van der Waals surface area contributed by atoms with Crippen LogP contribution in [0.15, 0.2) is 22.7 Å². The lowest BCUT2D eigenvalue weighted by Crippen LogP contribution is -2.23. The second kappa shape index (κ2) is 4.32. The molecule has 3 heteroatoms. The number of hydrogen-bond donors (Lipinski definition) is 2. The van der Waals surface area contributed by atoms with Gasteiger partial charge < -0.3 is 10.4 Å². The molecule has 76 valence electrons. The van der Waals surface area contributed by atoms with Crippen molar-refractivity contribution in [1.82, 2.24) is 5.32 Å². The minimum Gasteiger partial charge on any atom is -0.506 e. The molecule has 1 atom stereocenters. The van der Waals surface area contributed by atoms with Crippen molar-refractivity contribution >= 4 is 15.9 Å². The summed E-state index contributed by atoms with van der Waals surface area (Å²) in [5, 5.41) is 13.2. The molecule has 0 aliphatic carbocycles. The SMILES string of the molecule is Oc1c(Br)cccc1CC1CCCN1. The Labute approximate surface area is 92.5 Å². The first-order chi connectivity index (χ1) is 6.77. The van der Waals surface area contributed by atoms with Crippen LogP contribution in [0.2, 0.25) is 0 Å². The lowest BCUT2D eigenvalue weighted by molar-refractivity contribution is 0.459. The fourth-order valence-electron chi connectivity index (χ4n) is 1.92. The van der Waals surface area contributed by atoms with Crippen LogP contribution in [-0.4, -0.2) is 17.7 Å². The minimum atomic E-state index is 0.390. The summed E-state index contributed by atoms with van der Waals surface area (Å²) >= 11 is 3.33. The fourth-order valence-corrected chi connectivity index (χ4v) is 2.33. The topological polar surface area (TPSA) is 32.3 Å². The van der Waals surface area contributed by atoms with Crippen molar-refractivity contribution < 1.29 is 5.11 Å². The van der Waals surface area contributed by atoms with Crippen LogP contribution in [0.3, 0.4) is 0 Å². The van der Waals surface area contributed by atoms with Gasteiger partial charge in [0.25, 0.3) is 0 Å². The average molecular weight is 256 g/mol. The van der Waals surface area contributed by atoms with Gasteiger partial charge in [-0.2, -0.15) is 0 Å². The third kappa shape index (κ3) is 2.10. The van der Waals surface area contributed by atoms with Crippen LogP contribution >= 0.6 is 15.9 Å². The fraction of sp³-hybridized carbons (Fsp3) is 0.455. The molecule has 1 fully saturated rings. The zero-order chi connectivity index (χ0) is 9.97. The van der Waals surface area contributed by atoms with Gasteiger partial charge in [-0.15, -0.1) is 0 Å². The molecule has 0 saturated carbocycles. The number of rotatable bonds is 2. The summed E-state index contributed by atoms with van der Waals surface area (Å²) in [5.41, 5.74) is 1.03. The van der Waals surface area contributed by atoms with Crippen LogP contribution in [0.25, 0.3) is 0 Å². The second-order valence-corrected chi connectivity index (χ2v) is 4.60. The standard InChI is InChI=1S/C11H14BrNO/c12-10-5-1-3-8(11(10)14)7-9-4-2-6-13-9/h1,3,5,9,13-14H,2,4,6-7H2. The van der Waals surface area contributed by atoms with E-state index < -0.39 is 0 Å². The summed E-state index contributed by atoms with van der Waals surface area (Å²) in [4.78, 5) is 0. The minimum absolute atomic E-state index is 0.390. The monoisotopic (exact) mass is 255 g/mol. The molecule has 0 radical (unpaired) electrons. The van der Waals surface area contributed by atoms with Gasteiger partial charge in [0.2, 0.25) is 0 Å². The molecular weight excluding hydrogens is 242 g/mol. The molecule has 1 aliphatic rings.